The SMILES string of the molecule is CN(CCCN)c1ccc(S(C)(=O)=O)cc1S(C)(=O)=O. The molecular formula is C12H20N2O4S2. The molecule has 0 radical (unpaired) electrons. The number of sulfone groups is 2. The molecule has 6 nitrogen and oxygen atoms in total. The number of hydrogen-bond donors (Lipinski definition) is 1. The molecule has 0 amide bonds. The Bertz CT molecular complexity index is 681. The van der Waals surface area contributed by atoms with Crippen LogP contribution < -0.4 is 10.6 Å². The van der Waals surface area contributed by atoms with Gasteiger partial charge in [0, 0.05) is 26.1 Å². The van der Waals surface area contributed by atoms with Crippen LogP contribution in [0.2, 0.25) is 0 Å². The Morgan fingerprint density at radius 3 is 2.15 bits per heavy atom. The van der Waals surface area contributed by atoms with Gasteiger partial charge in [0.1, 0.15) is 0 Å². The number of benzene rings is 1. The molecule has 0 heterocycles. The first kappa shape index (κ1) is 16.9. The van der Waals surface area contributed by atoms with Crippen LogP contribution in [0, 0.1) is 0 Å². The van der Waals surface area contributed by atoms with Gasteiger partial charge in [0.05, 0.1) is 15.5 Å². The van der Waals surface area contributed by atoms with Gasteiger partial charge in [0.25, 0.3) is 0 Å². The Morgan fingerprint density at radius 1 is 1.10 bits per heavy atom. The summed E-state index contributed by atoms with van der Waals surface area (Å²) >= 11 is 0. The van der Waals surface area contributed by atoms with Crippen LogP contribution in [0.5, 0.6) is 0 Å². The largest absolute Gasteiger partial charge is 0.373 e. The van der Waals surface area contributed by atoms with Crippen molar-refractivity contribution in [3.8, 4) is 0 Å². The van der Waals surface area contributed by atoms with Crippen LogP contribution in [-0.4, -0.2) is 49.5 Å². The lowest BCUT2D eigenvalue weighted by atomic mass is 10.3. The number of nitrogens with two attached hydrogens (primary N) is 1. The normalized spacial score (nSPS) is 12.4. The number of rotatable bonds is 6. The van der Waals surface area contributed by atoms with E-state index >= 15 is 0 Å². The minimum absolute atomic E-state index is 0.00565. The molecule has 1 aromatic rings. The first-order valence-corrected chi connectivity index (χ1v) is 9.81. The van der Waals surface area contributed by atoms with Crippen LogP contribution in [0.3, 0.4) is 0 Å². The molecule has 1 aromatic carbocycles. The maximum atomic E-state index is 11.9. The molecule has 114 valence electrons. The lowest BCUT2D eigenvalue weighted by Gasteiger charge is -2.22. The van der Waals surface area contributed by atoms with E-state index in [1.165, 1.54) is 18.2 Å². The van der Waals surface area contributed by atoms with Crippen molar-refractivity contribution in [1.29, 1.82) is 0 Å². The minimum Gasteiger partial charge on any atom is -0.373 e. The van der Waals surface area contributed by atoms with Crippen molar-refractivity contribution < 1.29 is 16.8 Å². The van der Waals surface area contributed by atoms with Crippen molar-refractivity contribution in [2.24, 2.45) is 5.73 Å². The first-order chi connectivity index (χ1) is 9.07. The van der Waals surface area contributed by atoms with Gasteiger partial charge in [0.15, 0.2) is 19.7 Å². The molecule has 0 aliphatic rings. The number of hydrogen-bond acceptors (Lipinski definition) is 6. The van der Waals surface area contributed by atoms with Crippen molar-refractivity contribution in [2.45, 2.75) is 16.2 Å². The van der Waals surface area contributed by atoms with Crippen LogP contribution in [0.15, 0.2) is 28.0 Å². The summed E-state index contributed by atoms with van der Waals surface area (Å²) in [7, 11) is -5.22. The Kier molecular flexibility index (Phi) is 5.17. The topological polar surface area (TPSA) is 97.5 Å². The van der Waals surface area contributed by atoms with Gasteiger partial charge < -0.3 is 10.6 Å². The zero-order valence-electron chi connectivity index (χ0n) is 11.8. The fourth-order valence-corrected chi connectivity index (χ4v) is 3.45. The van der Waals surface area contributed by atoms with Gasteiger partial charge in [-0.3, -0.25) is 0 Å². The fraction of sp³-hybridized carbons (Fsp3) is 0.500. The van der Waals surface area contributed by atoms with Gasteiger partial charge in [0.2, 0.25) is 0 Å². The summed E-state index contributed by atoms with van der Waals surface area (Å²) in [6.45, 7) is 1.09. The first-order valence-electron chi connectivity index (χ1n) is 6.02. The molecule has 0 bridgehead atoms. The third-order valence-electron chi connectivity index (χ3n) is 2.87. The van der Waals surface area contributed by atoms with Gasteiger partial charge in [-0.2, -0.15) is 0 Å². The van der Waals surface area contributed by atoms with E-state index < -0.39 is 19.7 Å². The highest BCUT2D eigenvalue weighted by Crippen LogP contribution is 2.27. The Hall–Kier alpha value is -1.12. The fourth-order valence-electron chi connectivity index (χ4n) is 1.79. The van der Waals surface area contributed by atoms with Gasteiger partial charge >= 0.3 is 0 Å². The van der Waals surface area contributed by atoms with Crippen molar-refractivity contribution in [1.82, 2.24) is 0 Å². The van der Waals surface area contributed by atoms with Gasteiger partial charge in [-0.15, -0.1) is 0 Å². The van der Waals surface area contributed by atoms with E-state index in [0.717, 1.165) is 12.5 Å². The zero-order valence-corrected chi connectivity index (χ0v) is 13.5. The van der Waals surface area contributed by atoms with E-state index in [2.05, 4.69) is 0 Å². The molecule has 0 aliphatic carbocycles. The minimum atomic E-state index is -3.52. The van der Waals surface area contributed by atoms with E-state index in [9.17, 15) is 16.8 Å². The van der Waals surface area contributed by atoms with E-state index in [4.69, 9.17) is 5.73 Å². The van der Waals surface area contributed by atoms with Crippen LogP contribution in [0.4, 0.5) is 5.69 Å². The Balaban J connectivity index is 3.40. The average molecular weight is 320 g/mol. The molecular weight excluding hydrogens is 300 g/mol. The maximum absolute atomic E-state index is 11.9. The lowest BCUT2D eigenvalue weighted by molar-refractivity contribution is 0.600. The summed E-state index contributed by atoms with van der Waals surface area (Å²) in [5.74, 6) is 0. The number of anilines is 1. The smallest absolute Gasteiger partial charge is 0.177 e. The summed E-state index contributed by atoms with van der Waals surface area (Å²) in [6, 6.07) is 4.14. The molecule has 20 heavy (non-hydrogen) atoms. The van der Waals surface area contributed by atoms with E-state index in [-0.39, 0.29) is 9.79 Å². The molecule has 0 atom stereocenters. The molecule has 1 rings (SSSR count). The van der Waals surface area contributed by atoms with Crippen molar-refractivity contribution in [3.05, 3.63) is 18.2 Å². The molecule has 0 unspecified atom stereocenters. The van der Waals surface area contributed by atoms with Crippen molar-refractivity contribution >= 4 is 25.4 Å². The predicted octanol–water partition coefficient (Wildman–Crippen LogP) is 0.279. The maximum Gasteiger partial charge on any atom is 0.177 e. The zero-order chi connectivity index (χ0) is 15.6. The van der Waals surface area contributed by atoms with Crippen molar-refractivity contribution in [2.75, 3.05) is 37.5 Å². The Morgan fingerprint density at radius 2 is 1.70 bits per heavy atom. The molecule has 0 aromatic heterocycles. The van der Waals surface area contributed by atoms with Crippen LogP contribution >= 0.6 is 0 Å². The predicted molar refractivity (Wildman–Crippen MR) is 79.6 cm³/mol. The molecule has 0 saturated carbocycles. The molecule has 8 heteroatoms. The summed E-state index contributed by atoms with van der Waals surface area (Å²) in [6.07, 6.45) is 2.83. The average Bonchev–Trinajstić information content (AvgIpc) is 2.33. The van der Waals surface area contributed by atoms with E-state index in [1.807, 2.05) is 0 Å². The lowest BCUT2D eigenvalue weighted by Crippen LogP contribution is -2.23. The van der Waals surface area contributed by atoms with Gasteiger partial charge in [-0.1, -0.05) is 0 Å². The second kappa shape index (κ2) is 6.11. The molecule has 0 saturated heterocycles. The third kappa shape index (κ3) is 4.19. The van der Waals surface area contributed by atoms with Crippen LogP contribution in [0.1, 0.15) is 6.42 Å². The number of nitrogens with zero attached hydrogens (tertiary/aromatic N) is 1. The molecule has 0 fully saturated rings. The highest BCUT2D eigenvalue weighted by atomic mass is 32.2. The molecule has 0 spiro atoms. The highest BCUT2D eigenvalue weighted by Gasteiger charge is 2.19. The van der Waals surface area contributed by atoms with E-state index in [1.54, 1.807) is 11.9 Å². The van der Waals surface area contributed by atoms with Gasteiger partial charge in [-0.05, 0) is 31.2 Å². The van der Waals surface area contributed by atoms with E-state index in [0.29, 0.717) is 25.2 Å². The standard InChI is InChI=1S/C12H20N2O4S2/c1-14(8-4-7-13)11-6-5-10(19(2,15)16)9-12(11)20(3,17)18/h5-6,9H,4,7-8,13H2,1-3H3. The quantitative estimate of drug-likeness (QED) is 0.808. The molecule has 0 aliphatic heterocycles. The summed E-state index contributed by atoms with van der Waals surface area (Å²) in [5.41, 5.74) is 5.92. The molecule has 2 N–H and O–H groups in total. The monoisotopic (exact) mass is 320 g/mol. The second-order valence-electron chi connectivity index (χ2n) is 4.74. The van der Waals surface area contributed by atoms with Gasteiger partial charge in [-0.25, -0.2) is 16.8 Å². The van der Waals surface area contributed by atoms with Crippen molar-refractivity contribution in [3.63, 3.8) is 0 Å². The summed E-state index contributed by atoms with van der Waals surface area (Å²) < 4.78 is 46.8. The highest BCUT2D eigenvalue weighted by molar-refractivity contribution is 7.91. The van der Waals surface area contributed by atoms with Crippen LogP contribution in [0.25, 0.3) is 0 Å². The van der Waals surface area contributed by atoms with Crippen LogP contribution in [-0.2, 0) is 19.7 Å². The summed E-state index contributed by atoms with van der Waals surface area (Å²) in [5, 5.41) is 0. The second-order valence-corrected chi connectivity index (χ2v) is 8.74. The third-order valence-corrected chi connectivity index (χ3v) is 5.10. The summed E-state index contributed by atoms with van der Waals surface area (Å²) in [4.78, 5) is 1.77. The Labute approximate surface area is 120 Å².